The first kappa shape index (κ1) is 23.0. The summed E-state index contributed by atoms with van der Waals surface area (Å²) < 4.78 is 81.0. The lowest BCUT2D eigenvalue weighted by Gasteiger charge is -2.37. The van der Waals surface area contributed by atoms with E-state index in [9.17, 15) is 26.3 Å². The fourth-order valence-corrected chi connectivity index (χ4v) is 5.12. The number of hydrogen-bond acceptors (Lipinski definition) is 1. The van der Waals surface area contributed by atoms with Crippen molar-refractivity contribution in [3.05, 3.63) is 41.5 Å². The molecular formula is C23H28F6O. The van der Waals surface area contributed by atoms with Gasteiger partial charge in [0.25, 0.3) is 0 Å². The fourth-order valence-electron chi connectivity index (χ4n) is 5.12. The van der Waals surface area contributed by atoms with E-state index >= 15 is 0 Å². The summed E-state index contributed by atoms with van der Waals surface area (Å²) in [4.78, 5) is 0. The molecule has 168 valence electrons. The van der Waals surface area contributed by atoms with Crippen molar-refractivity contribution in [2.45, 2.75) is 76.7 Å². The van der Waals surface area contributed by atoms with Crippen LogP contribution in [0.3, 0.4) is 0 Å². The Labute approximate surface area is 173 Å². The van der Waals surface area contributed by atoms with Crippen LogP contribution < -0.4 is 4.74 Å². The Morgan fingerprint density at radius 2 is 1.37 bits per heavy atom. The van der Waals surface area contributed by atoms with Crippen LogP contribution >= 0.6 is 0 Å². The molecule has 30 heavy (non-hydrogen) atoms. The van der Waals surface area contributed by atoms with Crippen LogP contribution in [0.2, 0.25) is 0 Å². The van der Waals surface area contributed by atoms with Crippen molar-refractivity contribution in [1.29, 1.82) is 0 Å². The van der Waals surface area contributed by atoms with E-state index in [1.807, 2.05) is 6.08 Å². The molecule has 2 aliphatic rings. The van der Waals surface area contributed by atoms with Crippen molar-refractivity contribution in [3.8, 4) is 5.75 Å². The highest BCUT2D eigenvalue weighted by molar-refractivity contribution is 5.33. The monoisotopic (exact) mass is 434 g/mol. The maximum atomic E-state index is 14.0. The molecule has 7 heteroatoms. The van der Waals surface area contributed by atoms with Gasteiger partial charge in [0.05, 0.1) is 0 Å². The summed E-state index contributed by atoms with van der Waals surface area (Å²) in [5, 5.41) is 0. The fraction of sp³-hybridized carbons (Fsp3) is 0.652. The van der Waals surface area contributed by atoms with E-state index in [-0.39, 0.29) is 12.3 Å². The molecule has 0 unspecified atom stereocenters. The third kappa shape index (κ3) is 6.17. The largest absolute Gasteiger partial charge is 0.429 e. The second-order valence-corrected chi connectivity index (χ2v) is 8.53. The molecule has 1 nitrogen and oxygen atoms in total. The van der Waals surface area contributed by atoms with Gasteiger partial charge < -0.3 is 4.74 Å². The van der Waals surface area contributed by atoms with Gasteiger partial charge >= 0.3 is 6.61 Å². The lowest BCUT2D eigenvalue weighted by molar-refractivity contribution is -0.0546. The standard InChI is InChI=1S/C23H28F6O/c24-19-12-18(13-20(25)22(19)30-23(28)29)17-10-8-16(9-11-17)15-6-4-14(5-7-15)2-1-3-21(26)27/h1-2,12-17,21,23H,3-11H2/t14-,15-,16-,17-. The molecule has 0 heterocycles. The van der Waals surface area contributed by atoms with E-state index in [4.69, 9.17) is 0 Å². The maximum Gasteiger partial charge on any atom is 0.387 e. The zero-order valence-electron chi connectivity index (χ0n) is 16.8. The predicted molar refractivity (Wildman–Crippen MR) is 103 cm³/mol. The van der Waals surface area contributed by atoms with E-state index in [2.05, 4.69) is 4.74 Å². The van der Waals surface area contributed by atoms with Crippen molar-refractivity contribution in [1.82, 2.24) is 0 Å². The summed E-state index contributed by atoms with van der Waals surface area (Å²) in [6, 6.07) is 2.23. The SMILES string of the molecule is Fc1cc([C@H]2CC[C@H]([C@H]3CC[C@H](C=CCC(F)F)CC3)CC2)cc(F)c1OC(F)F. The minimum atomic E-state index is -3.27. The minimum absolute atomic E-state index is 0.0134. The molecule has 3 rings (SSSR count). The molecule has 1 aromatic rings. The second-order valence-electron chi connectivity index (χ2n) is 8.53. The van der Waals surface area contributed by atoms with E-state index < -0.39 is 30.4 Å². The summed E-state index contributed by atoms with van der Waals surface area (Å²) in [5.74, 6) is -1.63. The summed E-state index contributed by atoms with van der Waals surface area (Å²) in [5.41, 5.74) is 0.498. The molecule has 0 saturated heterocycles. The Bertz CT molecular complexity index is 681. The lowest BCUT2D eigenvalue weighted by atomic mass is 9.68. The first-order chi connectivity index (χ1) is 14.3. The molecule has 0 amide bonds. The highest BCUT2D eigenvalue weighted by Gasteiger charge is 2.31. The molecule has 2 fully saturated rings. The van der Waals surface area contributed by atoms with Gasteiger partial charge in [0.1, 0.15) is 0 Å². The third-order valence-electron chi connectivity index (χ3n) is 6.68. The number of rotatable bonds is 7. The number of alkyl halides is 4. The molecule has 0 N–H and O–H groups in total. The number of benzene rings is 1. The Balaban J connectivity index is 1.49. The summed E-state index contributed by atoms with van der Waals surface area (Å²) in [7, 11) is 0. The molecule has 1 aromatic carbocycles. The van der Waals surface area contributed by atoms with Crippen LogP contribution in [0.25, 0.3) is 0 Å². The van der Waals surface area contributed by atoms with Crippen LogP contribution in [-0.2, 0) is 0 Å². The van der Waals surface area contributed by atoms with Gasteiger partial charge in [-0.15, -0.1) is 0 Å². The highest BCUT2D eigenvalue weighted by atomic mass is 19.3. The van der Waals surface area contributed by atoms with Gasteiger partial charge in [-0.25, -0.2) is 17.6 Å². The van der Waals surface area contributed by atoms with Crippen LogP contribution in [0.15, 0.2) is 24.3 Å². The van der Waals surface area contributed by atoms with Crippen molar-refractivity contribution >= 4 is 0 Å². The van der Waals surface area contributed by atoms with Crippen LogP contribution in [0.1, 0.15) is 69.3 Å². The third-order valence-corrected chi connectivity index (χ3v) is 6.68. The molecule has 0 aromatic heterocycles. The Morgan fingerprint density at radius 1 is 0.833 bits per heavy atom. The van der Waals surface area contributed by atoms with E-state index in [0.717, 1.165) is 63.5 Å². The van der Waals surface area contributed by atoms with E-state index in [0.29, 0.717) is 23.3 Å². The van der Waals surface area contributed by atoms with Crippen molar-refractivity contribution in [3.63, 3.8) is 0 Å². The van der Waals surface area contributed by atoms with E-state index in [1.165, 1.54) is 0 Å². The average molecular weight is 434 g/mol. The van der Waals surface area contributed by atoms with Gasteiger partial charge in [-0.2, -0.15) is 8.78 Å². The first-order valence-corrected chi connectivity index (χ1v) is 10.7. The summed E-state index contributed by atoms with van der Waals surface area (Å²) in [6.45, 7) is -3.27. The molecule has 0 aliphatic heterocycles. The van der Waals surface area contributed by atoms with Gasteiger partial charge in [-0.05, 0) is 92.7 Å². The molecular weight excluding hydrogens is 406 g/mol. The average Bonchev–Trinajstić information content (AvgIpc) is 2.71. The van der Waals surface area contributed by atoms with Crippen molar-refractivity contribution in [2.75, 3.05) is 0 Å². The Morgan fingerprint density at radius 3 is 1.87 bits per heavy atom. The summed E-state index contributed by atoms with van der Waals surface area (Å²) >= 11 is 0. The van der Waals surface area contributed by atoms with Gasteiger partial charge in [0, 0.05) is 6.42 Å². The minimum Gasteiger partial charge on any atom is -0.429 e. The first-order valence-electron chi connectivity index (χ1n) is 10.7. The topological polar surface area (TPSA) is 9.23 Å². The lowest BCUT2D eigenvalue weighted by Crippen LogP contribution is -2.25. The molecule has 0 bridgehead atoms. The van der Waals surface area contributed by atoms with Crippen LogP contribution in [0, 0.1) is 29.4 Å². The molecule has 0 radical (unpaired) electrons. The number of allylic oxidation sites excluding steroid dienone is 2. The normalized spacial score (nSPS) is 27.9. The van der Waals surface area contributed by atoms with Crippen molar-refractivity contribution < 1.29 is 31.1 Å². The number of ether oxygens (including phenoxy) is 1. The highest BCUT2D eigenvalue weighted by Crippen LogP contribution is 2.44. The van der Waals surface area contributed by atoms with Crippen molar-refractivity contribution in [2.24, 2.45) is 17.8 Å². The van der Waals surface area contributed by atoms with Crippen LogP contribution in [0.5, 0.6) is 5.75 Å². The zero-order valence-corrected chi connectivity index (χ0v) is 16.8. The van der Waals surface area contributed by atoms with Gasteiger partial charge in [-0.3, -0.25) is 0 Å². The van der Waals surface area contributed by atoms with Gasteiger partial charge in [-0.1, -0.05) is 12.2 Å². The van der Waals surface area contributed by atoms with Crippen LogP contribution in [-0.4, -0.2) is 13.0 Å². The zero-order chi connectivity index (χ0) is 21.7. The smallest absolute Gasteiger partial charge is 0.387 e. The number of hydrogen-bond donors (Lipinski definition) is 0. The second kappa shape index (κ2) is 10.6. The molecule has 0 spiro atoms. The quantitative estimate of drug-likeness (QED) is 0.314. The van der Waals surface area contributed by atoms with Gasteiger partial charge in [0.15, 0.2) is 17.4 Å². The molecule has 2 aliphatic carbocycles. The van der Waals surface area contributed by atoms with Crippen LogP contribution in [0.4, 0.5) is 26.3 Å². The maximum absolute atomic E-state index is 14.0. The Kier molecular flexibility index (Phi) is 8.12. The molecule has 2 saturated carbocycles. The van der Waals surface area contributed by atoms with Gasteiger partial charge in [0.2, 0.25) is 6.43 Å². The van der Waals surface area contributed by atoms with E-state index in [1.54, 1.807) is 6.08 Å². The Hall–Kier alpha value is -1.66. The summed E-state index contributed by atoms with van der Waals surface area (Å²) in [6.07, 6.45) is 8.84. The molecule has 0 atom stereocenters. The number of halogens is 6. The predicted octanol–water partition coefficient (Wildman–Crippen LogP) is 7.86.